The van der Waals surface area contributed by atoms with Gasteiger partial charge in [0.1, 0.15) is 0 Å². The molecule has 0 fully saturated rings. The summed E-state index contributed by atoms with van der Waals surface area (Å²) in [7, 11) is 0. The van der Waals surface area contributed by atoms with Gasteiger partial charge in [-0.3, -0.25) is 0 Å². The summed E-state index contributed by atoms with van der Waals surface area (Å²) in [4.78, 5) is 0. The molecular weight excluding hydrogens is 60.1 g/mol. The van der Waals surface area contributed by atoms with Gasteiger partial charge in [0, 0.05) is 0 Å². The van der Waals surface area contributed by atoms with Gasteiger partial charge in [0.15, 0.2) is 0 Å². The molecule has 0 radical (unpaired) electrons. The van der Waals surface area contributed by atoms with Crippen LogP contribution in [0.5, 0.6) is 0 Å². The Balaban J connectivity index is 2.64. The van der Waals surface area contributed by atoms with E-state index < -0.39 is 0 Å². The number of hydrogen-bond donors (Lipinski definition) is 0. The molecule has 0 aromatic carbocycles. The van der Waals surface area contributed by atoms with E-state index in [0.29, 0.717) is 0 Å². The topological polar surface area (TPSA) is 0 Å². The van der Waals surface area contributed by atoms with Crippen molar-refractivity contribution in [1.29, 1.82) is 0 Å². The summed E-state index contributed by atoms with van der Waals surface area (Å²) in [5.74, 6) is 0. The second kappa shape index (κ2) is 1.09. The second-order valence-electron chi connectivity index (χ2n) is 1.15. The van der Waals surface area contributed by atoms with Crippen LogP contribution in [-0.4, -0.2) is 0 Å². The molecule has 0 aromatic rings. The molecule has 0 aromatic heterocycles. The molecule has 0 amide bonds. The standard InChI is InChI=1S/C5H6/c1-2-4-5-3-1/h1,5H,2,4H2. The lowest BCUT2D eigenvalue weighted by Crippen LogP contribution is -1.47. The van der Waals surface area contributed by atoms with Gasteiger partial charge in [-0.1, -0.05) is 0 Å². The first-order valence-electron chi connectivity index (χ1n) is 1.89. The highest BCUT2D eigenvalue weighted by atomic mass is 13.8. The Bertz CT molecular complexity index is 66.0. The van der Waals surface area contributed by atoms with Crippen molar-refractivity contribution >= 4 is 0 Å². The highest BCUT2D eigenvalue weighted by Gasteiger charge is 1.76. The van der Waals surface area contributed by atoms with Crippen molar-refractivity contribution in [2.24, 2.45) is 0 Å². The van der Waals surface area contributed by atoms with E-state index in [0.717, 1.165) is 0 Å². The van der Waals surface area contributed by atoms with Crippen LogP contribution in [0.3, 0.4) is 0 Å². The summed E-state index contributed by atoms with van der Waals surface area (Å²) in [5.41, 5.74) is 2.97. The van der Waals surface area contributed by atoms with Crippen molar-refractivity contribution in [3.63, 3.8) is 0 Å². The fourth-order valence-electron chi connectivity index (χ4n) is 0.417. The van der Waals surface area contributed by atoms with Gasteiger partial charge in [-0.25, -0.2) is 0 Å². The van der Waals surface area contributed by atoms with E-state index in [1.54, 1.807) is 0 Å². The average Bonchev–Trinajstić information content (AvgIpc) is 1.76. The molecule has 0 spiro atoms. The Hall–Kier alpha value is -0.480. The summed E-state index contributed by atoms with van der Waals surface area (Å²) in [6.45, 7) is 0. The molecule has 0 heteroatoms. The van der Waals surface area contributed by atoms with Crippen LogP contribution in [0.2, 0.25) is 0 Å². The van der Waals surface area contributed by atoms with Crippen molar-refractivity contribution in [3.8, 4) is 0 Å². The van der Waals surface area contributed by atoms with Gasteiger partial charge in [0.25, 0.3) is 0 Å². The number of hydrogen-bond acceptors (Lipinski definition) is 0. The van der Waals surface area contributed by atoms with Crippen LogP contribution >= 0.6 is 0 Å². The highest BCUT2D eigenvalue weighted by Crippen LogP contribution is 1.95. The maximum absolute atomic E-state index is 2.97. The lowest BCUT2D eigenvalue weighted by Gasteiger charge is -1.65. The van der Waals surface area contributed by atoms with Crippen molar-refractivity contribution in [2.75, 3.05) is 0 Å². The summed E-state index contributed by atoms with van der Waals surface area (Å²) in [6, 6.07) is 0. The summed E-state index contributed by atoms with van der Waals surface area (Å²) in [6.07, 6.45) is 6.53. The maximum atomic E-state index is 2.97. The fourth-order valence-corrected chi connectivity index (χ4v) is 0.417. The molecule has 1 rings (SSSR count). The first-order chi connectivity index (χ1) is 2.50. The molecule has 0 aliphatic heterocycles. The predicted molar refractivity (Wildman–Crippen MR) is 21.9 cm³/mol. The van der Waals surface area contributed by atoms with E-state index >= 15 is 0 Å². The zero-order valence-electron chi connectivity index (χ0n) is 3.07. The Morgan fingerprint density at radius 3 is 2.00 bits per heavy atom. The Morgan fingerprint density at radius 2 is 1.80 bits per heavy atom. The predicted octanol–water partition coefficient (Wildman–Crippen LogP) is 1.49. The molecule has 0 saturated heterocycles. The second-order valence-corrected chi connectivity index (χ2v) is 1.15. The van der Waals surface area contributed by atoms with E-state index in [1.165, 1.54) is 12.8 Å². The maximum Gasteiger partial charge on any atom is -0.0234 e. The first kappa shape index (κ1) is 2.74. The molecule has 0 nitrogen and oxygen atoms in total. The minimum atomic E-state index is 1.21. The SMILES string of the molecule is C1=CCCC=1. The number of rotatable bonds is 0. The Kier molecular flexibility index (Phi) is 0.600. The smallest absolute Gasteiger partial charge is 0.0234 e. The molecule has 0 heterocycles. The Labute approximate surface area is 31.8 Å². The zero-order chi connectivity index (χ0) is 3.54. The molecule has 26 valence electrons. The molecule has 0 bridgehead atoms. The van der Waals surface area contributed by atoms with Gasteiger partial charge in [0.05, 0.1) is 0 Å². The highest BCUT2D eigenvalue weighted by molar-refractivity contribution is 4.93. The first-order valence-corrected chi connectivity index (χ1v) is 1.89. The van der Waals surface area contributed by atoms with Crippen LogP contribution in [0, 0.1) is 0 Å². The van der Waals surface area contributed by atoms with E-state index in [4.69, 9.17) is 0 Å². The third kappa shape index (κ3) is 0.398. The minimum Gasteiger partial charge on any atom is -0.130 e. The van der Waals surface area contributed by atoms with E-state index in [2.05, 4.69) is 17.9 Å². The third-order valence-electron chi connectivity index (χ3n) is 0.691. The zero-order valence-corrected chi connectivity index (χ0v) is 3.07. The normalized spacial score (nSPS) is 17.6. The molecule has 0 N–H and O–H groups in total. The molecular formula is C5H6. The quantitative estimate of drug-likeness (QED) is 0.376. The van der Waals surface area contributed by atoms with Gasteiger partial charge in [-0.15, -0.1) is 5.73 Å². The van der Waals surface area contributed by atoms with Gasteiger partial charge in [-0.05, 0) is 25.0 Å². The van der Waals surface area contributed by atoms with Crippen LogP contribution in [0.15, 0.2) is 17.9 Å². The molecule has 0 saturated carbocycles. The number of allylic oxidation sites excluding steroid dienone is 1. The fraction of sp³-hybridized carbons (Fsp3) is 0.400. The summed E-state index contributed by atoms with van der Waals surface area (Å²) < 4.78 is 0. The van der Waals surface area contributed by atoms with Crippen LogP contribution in [0.4, 0.5) is 0 Å². The van der Waals surface area contributed by atoms with Crippen molar-refractivity contribution in [2.45, 2.75) is 12.8 Å². The van der Waals surface area contributed by atoms with Crippen molar-refractivity contribution in [3.05, 3.63) is 17.9 Å². The molecule has 0 unspecified atom stereocenters. The van der Waals surface area contributed by atoms with Crippen LogP contribution in [0.1, 0.15) is 12.8 Å². The van der Waals surface area contributed by atoms with Gasteiger partial charge >= 0.3 is 0 Å². The third-order valence-corrected chi connectivity index (χ3v) is 0.691. The average molecular weight is 66.1 g/mol. The lowest BCUT2D eigenvalue weighted by molar-refractivity contribution is 1.09. The van der Waals surface area contributed by atoms with Gasteiger partial charge in [-0.2, -0.15) is 0 Å². The van der Waals surface area contributed by atoms with E-state index in [1.807, 2.05) is 0 Å². The Morgan fingerprint density at radius 1 is 1.20 bits per heavy atom. The van der Waals surface area contributed by atoms with Crippen molar-refractivity contribution < 1.29 is 0 Å². The molecule has 5 heavy (non-hydrogen) atoms. The monoisotopic (exact) mass is 66.0 g/mol. The molecule has 1 aliphatic carbocycles. The molecule has 1 aliphatic rings. The lowest BCUT2D eigenvalue weighted by atomic mass is 10.4. The minimum absolute atomic E-state index is 1.21. The molecule has 0 atom stereocenters. The van der Waals surface area contributed by atoms with E-state index in [-0.39, 0.29) is 0 Å². The van der Waals surface area contributed by atoms with Crippen LogP contribution < -0.4 is 0 Å². The van der Waals surface area contributed by atoms with Gasteiger partial charge in [0.2, 0.25) is 0 Å². The van der Waals surface area contributed by atoms with E-state index in [9.17, 15) is 0 Å². The van der Waals surface area contributed by atoms with Crippen LogP contribution in [0.25, 0.3) is 0 Å². The summed E-state index contributed by atoms with van der Waals surface area (Å²) >= 11 is 0. The summed E-state index contributed by atoms with van der Waals surface area (Å²) in [5, 5.41) is 0. The largest absolute Gasteiger partial charge is 0.130 e. The van der Waals surface area contributed by atoms with Crippen LogP contribution in [-0.2, 0) is 0 Å². The van der Waals surface area contributed by atoms with Gasteiger partial charge < -0.3 is 0 Å². The van der Waals surface area contributed by atoms with Crippen molar-refractivity contribution in [1.82, 2.24) is 0 Å².